The normalized spacial score (nSPS) is 12.8. The van der Waals surface area contributed by atoms with Crippen molar-refractivity contribution in [1.82, 2.24) is 5.32 Å². The fourth-order valence-corrected chi connectivity index (χ4v) is 2.61. The molecular formula is C11H14ClN3O5S. The summed E-state index contributed by atoms with van der Waals surface area (Å²) < 4.78 is 22.8. The summed E-state index contributed by atoms with van der Waals surface area (Å²) in [5, 5.41) is 17.8. The zero-order valence-electron chi connectivity index (χ0n) is 11.3. The van der Waals surface area contributed by atoms with Crippen LogP contribution >= 0.6 is 11.6 Å². The maximum atomic E-state index is 12.0. The second-order valence-electron chi connectivity index (χ2n) is 4.39. The van der Waals surface area contributed by atoms with Crippen LogP contribution in [0, 0.1) is 10.1 Å². The summed E-state index contributed by atoms with van der Waals surface area (Å²) in [6.45, 7) is 3.58. The summed E-state index contributed by atoms with van der Waals surface area (Å²) in [6, 6.07) is 1.65. The Morgan fingerprint density at radius 3 is 2.52 bits per heavy atom. The quantitative estimate of drug-likeness (QED) is 0.620. The Kier molecular flexibility index (Phi) is 5.26. The SMILES string of the molecule is CCC(C)NC(=O)c1cc([N+](=O)[O-])c(Cl)c(S(N)(=O)=O)c1. The molecule has 3 N–H and O–H groups in total. The van der Waals surface area contributed by atoms with E-state index in [1.165, 1.54) is 0 Å². The molecule has 0 heterocycles. The molecule has 0 saturated carbocycles. The minimum atomic E-state index is -4.30. The predicted octanol–water partition coefficient (Wildman–Crippen LogP) is 1.42. The lowest BCUT2D eigenvalue weighted by molar-refractivity contribution is -0.384. The summed E-state index contributed by atoms with van der Waals surface area (Å²) in [7, 11) is -4.30. The highest BCUT2D eigenvalue weighted by atomic mass is 35.5. The maximum Gasteiger partial charge on any atom is 0.290 e. The zero-order valence-corrected chi connectivity index (χ0v) is 12.9. The van der Waals surface area contributed by atoms with Gasteiger partial charge in [-0.15, -0.1) is 0 Å². The number of primary sulfonamides is 1. The highest BCUT2D eigenvalue weighted by Gasteiger charge is 2.26. The van der Waals surface area contributed by atoms with Crippen LogP contribution in [0.5, 0.6) is 0 Å². The third kappa shape index (κ3) is 4.13. The first-order valence-electron chi connectivity index (χ1n) is 5.89. The highest BCUT2D eigenvalue weighted by molar-refractivity contribution is 7.89. The molecule has 0 aliphatic rings. The van der Waals surface area contributed by atoms with Gasteiger partial charge < -0.3 is 5.32 Å². The molecule has 0 bridgehead atoms. The Morgan fingerprint density at radius 2 is 2.10 bits per heavy atom. The average Bonchev–Trinajstić information content (AvgIpc) is 2.36. The van der Waals surface area contributed by atoms with Gasteiger partial charge in [-0.1, -0.05) is 18.5 Å². The van der Waals surface area contributed by atoms with Crippen molar-refractivity contribution < 1.29 is 18.1 Å². The van der Waals surface area contributed by atoms with E-state index < -0.39 is 36.5 Å². The lowest BCUT2D eigenvalue weighted by atomic mass is 10.1. The summed E-state index contributed by atoms with van der Waals surface area (Å²) in [6.07, 6.45) is 0.642. The van der Waals surface area contributed by atoms with Gasteiger partial charge in [-0.05, 0) is 19.4 Å². The van der Waals surface area contributed by atoms with Crippen LogP contribution in [-0.2, 0) is 10.0 Å². The Balaban J connectivity index is 3.45. The number of nitrogens with one attached hydrogen (secondary N) is 1. The van der Waals surface area contributed by atoms with E-state index in [-0.39, 0.29) is 11.6 Å². The Labute approximate surface area is 126 Å². The van der Waals surface area contributed by atoms with Gasteiger partial charge in [-0.3, -0.25) is 14.9 Å². The second kappa shape index (κ2) is 6.37. The number of carbonyl (C=O) groups excluding carboxylic acids is 1. The number of nitrogens with zero attached hydrogens (tertiary/aromatic N) is 1. The van der Waals surface area contributed by atoms with Crippen LogP contribution in [0.2, 0.25) is 5.02 Å². The first-order chi connectivity index (χ1) is 9.57. The summed E-state index contributed by atoms with van der Waals surface area (Å²) >= 11 is 5.67. The first kappa shape index (κ1) is 17.3. The largest absolute Gasteiger partial charge is 0.350 e. The Hall–Kier alpha value is -1.71. The van der Waals surface area contributed by atoms with Gasteiger partial charge in [0.2, 0.25) is 10.0 Å². The number of hydrogen-bond donors (Lipinski definition) is 2. The number of carbonyl (C=O) groups is 1. The number of hydrogen-bond acceptors (Lipinski definition) is 5. The highest BCUT2D eigenvalue weighted by Crippen LogP contribution is 2.32. The van der Waals surface area contributed by atoms with E-state index in [1.54, 1.807) is 6.92 Å². The molecule has 0 spiro atoms. The molecule has 0 aliphatic heterocycles. The van der Waals surface area contributed by atoms with E-state index in [0.29, 0.717) is 6.42 Å². The fraction of sp³-hybridized carbons (Fsp3) is 0.364. The van der Waals surface area contributed by atoms with Crippen molar-refractivity contribution >= 4 is 33.2 Å². The molecule has 21 heavy (non-hydrogen) atoms. The molecule has 1 atom stereocenters. The van der Waals surface area contributed by atoms with Gasteiger partial charge in [0.25, 0.3) is 11.6 Å². The lowest BCUT2D eigenvalue weighted by Crippen LogP contribution is -2.32. The minimum absolute atomic E-state index is 0.176. The molecule has 1 rings (SSSR count). The van der Waals surface area contributed by atoms with Gasteiger partial charge in [0.1, 0.15) is 9.92 Å². The fourth-order valence-electron chi connectivity index (χ4n) is 1.46. The van der Waals surface area contributed by atoms with Crippen LogP contribution in [0.4, 0.5) is 5.69 Å². The third-order valence-electron chi connectivity index (χ3n) is 2.78. The Bertz CT molecular complexity index is 689. The van der Waals surface area contributed by atoms with Crippen molar-refractivity contribution in [2.24, 2.45) is 5.14 Å². The summed E-state index contributed by atoms with van der Waals surface area (Å²) in [4.78, 5) is 21.3. The molecule has 0 aromatic heterocycles. The molecule has 1 aromatic carbocycles. The molecule has 0 fully saturated rings. The lowest BCUT2D eigenvalue weighted by Gasteiger charge is -2.12. The number of rotatable bonds is 5. The maximum absolute atomic E-state index is 12.0. The second-order valence-corrected chi connectivity index (χ2v) is 6.30. The van der Waals surface area contributed by atoms with Crippen molar-refractivity contribution in [1.29, 1.82) is 0 Å². The first-order valence-corrected chi connectivity index (χ1v) is 7.82. The van der Waals surface area contributed by atoms with Gasteiger partial charge in [-0.25, -0.2) is 13.6 Å². The van der Waals surface area contributed by atoms with E-state index in [4.69, 9.17) is 16.7 Å². The molecule has 0 aliphatic carbocycles. The van der Waals surface area contributed by atoms with Crippen LogP contribution in [0.1, 0.15) is 30.6 Å². The topological polar surface area (TPSA) is 132 Å². The molecule has 1 unspecified atom stereocenters. The van der Waals surface area contributed by atoms with Crippen molar-refractivity contribution in [2.75, 3.05) is 0 Å². The number of nitrogens with two attached hydrogens (primary N) is 1. The molecular weight excluding hydrogens is 322 g/mol. The molecule has 8 nitrogen and oxygen atoms in total. The van der Waals surface area contributed by atoms with Crippen LogP contribution < -0.4 is 10.5 Å². The number of amides is 1. The number of nitro groups is 1. The van der Waals surface area contributed by atoms with E-state index in [9.17, 15) is 23.3 Å². The van der Waals surface area contributed by atoms with Gasteiger partial charge in [-0.2, -0.15) is 0 Å². The van der Waals surface area contributed by atoms with Gasteiger partial charge in [0.05, 0.1) is 4.92 Å². The van der Waals surface area contributed by atoms with Gasteiger partial charge in [0.15, 0.2) is 0 Å². The van der Waals surface area contributed by atoms with Crippen LogP contribution in [0.25, 0.3) is 0 Å². The van der Waals surface area contributed by atoms with Crippen molar-refractivity contribution in [3.8, 4) is 0 Å². The number of nitro benzene ring substituents is 1. The van der Waals surface area contributed by atoms with E-state index >= 15 is 0 Å². The smallest absolute Gasteiger partial charge is 0.290 e. The summed E-state index contributed by atoms with van der Waals surface area (Å²) in [5.74, 6) is -0.644. The monoisotopic (exact) mass is 335 g/mol. The van der Waals surface area contributed by atoms with Crippen LogP contribution in [-0.4, -0.2) is 25.3 Å². The number of benzene rings is 1. The van der Waals surface area contributed by atoms with E-state index in [1.807, 2.05) is 6.92 Å². The third-order valence-corrected chi connectivity index (χ3v) is 4.22. The Morgan fingerprint density at radius 1 is 1.52 bits per heavy atom. The average molecular weight is 336 g/mol. The summed E-state index contributed by atoms with van der Waals surface area (Å²) in [5.41, 5.74) is -0.895. The molecule has 0 radical (unpaired) electrons. The van der Waals surface area contributed by atoms with Crippen molar-refractivity contribution in [2.45, 2.75) is 31.2 Å². The molecule has 116 valence electrons. The van der Waals surface area contributed by atoms with Gasteiger partial charge >= 0.3 is 0 Å². The minimum Gasteiger partial charge on any atom is -0.350 e. The predicted molar refractivity (Wildman–Crippen MR) is 76.7 cm³/mol. The zero-order chi connectivity index (χ0) is 16.4. The molecule has 0 saturated heterocycles. The number of sulfonamides is 1. The molecule has 1 aromatic rings. The van der Waals surface area contributed by atoms with Crippen molar-refractivity contribution in [3.05, 3.63) is 32.8 Å². The van der Waals surface area contributed by atoms with Gasteiger partial charge in [0, 0.05) is 17.7 Å². The molecule has 1 amide bonds. The van der Waals surface area contributed by atoms with E-state index in [2.05, 4.69) is 5.32 Å². The number of halogens is 1. The van der Waals surface area contributed by atoms with Crippen LogP contribution in [0.3, 0.4) is 0 Å². The van der Waals surface area contributed by atoms with Crippen molar-refractivity contribution in [3.63, 3.8) is 0 Å². The van der Waals surface area contributed by atoms with Crippen LogP contribution in [0.15, 0.2) is 17.0 Å². The molecule has 10 heteroatoms. The van der Waals surface area contributed by atoms with E-state index in [0.717, 1.165) is 12.1 Å². The standard InChI is InChI=1S/C11H14ClN3O5S/c1-3-6(2)14-11(16)7-4-8(15(17)18)10(12)9(5-7)21(13,19)20/h4-6H,3H2,1-2H3,(H,14,16)(H2,13,19,20).